The molecule has 3 rings (SSSR count). The number of nitrogens with two attached hydrogens (primary N) is 1. The summed E-state index contributed by atoms with van der Waals surface area (Å²) in [5.41, 5.74) is 9.66. The molecule has 0 saturated carbocycles. The van der Waals surface area contributed by atoms with Crippen molar-refractivity contribution in [3.8, 4) is 11.4 Å². The molecule has 0 fully saturated rings. The van der Waals surface area contributed by atoms with Crippen LogP contribution in [-0.2, 0) is 13.6 Å². The van der Waals surface area contributed by atoms with E-state index in [-0.39, 0.29) is 0 Å². The molecule has 3 aromatic rings. The second-order valence-corrected chi connectivity index (χ2v) is 5.46. The van der Waals surface area contributed by atoms with E-state index in [1.54, 1.807) is 6.07 Å². The maximum atomic E-state index is 6.08. The lowest BCUT2D eigenvalue weighted by molar-refractivity contribution is 0.959. The van der Waals surface area contributed by atoms with Crippen molar-refractivity contribution in [1.29, 1.82) is 0 Å². The lowest BCUT2D eigenvalue weighted by Gasteiger charge is -2.04. The maximum Gasteiger partial charge on any atom is 0.140 e. The van der Waals surface area contributed by atoms with Gasteiger partial charge in [0.2, 0.25) is 0 Å². The molecule has 0 radical (unpaired) electrons. The Hall–Kier alpha value is -1.55. The van der Waals surface area contributed by atoms with E-state index in [9.17, 15) is 0 Å². The number of hydrogen-bond acceptors (Lipinski definition) is 2. The second kappa shape index (κ2) is 5.09. The van der Waals surface area contributed by atoms with Crippen molar-refractivity contribution in [3.05, 3.63) is 52.0 Å². The van der Waals surface area contributed by atoms with Crippen LogP contribution in [-0.4, -0.2) is 9.55 Å². The molecular weight excluding hydrogens is 293 g/mol. The summed E-state index contributed by atoms with van der Waals surface area (Å²) in [6.45, 7) is 0.509. The molecule has 1 aromatic heterocycles. The number of hydrogen-bond donors (Lipinski definition) is 1. The van der Waals surface area contributed by atoms with Crippen LogP contribution in [0.5, 0.6) is 0 Å². The molecule has 0 aliphatic heterocycles. The molecule has 0 aliphatic carbocycles. The van der Waals surface area contributed by atoms with Crippen LogP contribution >= 0.6 is 23.2 Å². The van der Waals surface area contributed by atoms with Crippen molar-refractivity contribution in [2.45, 2.75) is 6.54 Å². The highest BCUT2D eigenvalue weighted by Crippen LogP contribution is 2.29. The van der Waals surface area contributed by atoms with Gasteiger partial charge < -0.3 is 10.3 Å². The Morgan fingerprint density at radius 2 is 1.90 bits per heavy atom. The number of imidazole rings is 1. The summed E-state index contributed by atoms with van der Waals surface area (Å²) in [7, 11) is 1.98. The van der Waals surface area contributed by atoms with E-state index in [1.807, 2.05) is 41.9 Å². The maximum absolute atomic E-state index is 6.08. The van der Waals surface area contributed by atoms with Gasteiger partial charge in [0, 0.05) is 19.2 Å². The van der Waals surface area contributed by atoms with Crippen molar-refractivity contribution in [3.63, 3.8) is 0 Å². The van der Waals surface area contributed by atoms with E-state index >= 15 is 0 Å². The smallest absolute Gasteiger partial charge is 0.140 e. The predicted octanol–water partition coefficient (Wildman–Crippen LogP) is 4.01. The molecule has 0 aliphatic rings. The average Bonchev–Trinajstić information content (AvgIpc) is 2.78. The quantitative estimate of drug-likeness (QED) is 0.777. The number of fused-ring (bicyclic) bond motifs is 1. The molecule has 2 aromatic carbocycles. The van der Waals surface area contributed by atoms with Gasteiger partial charge in [0.05, 0.1) is 21.1 Å². The van der Waals surface area contributed by atoms with E-state index in [0.29, 0.717) is 16.6 Å². The molecule has 102 valence electrons. The topological polar surface area (TPSA) is 43.8 Å². The highest BCUT2D eigenvalue weighted by Gasteiger charge is 2.11. The Morgan fingerprint density at radius 3 is 2.60 bits per heavy atom. The van der Waals surface area contributed by atoms with Crippen molar-refractivity contribution in [2.75, 3.05) is 0 Å². The Morgan fingerprint density at radius 1 is 1.10 bits per heavy atom. The first-order chi connectivity index (χ1) is 9.60. The minimum Gasteiger partial charge on any atom is -0.327 e. The van der Waals surface area contributed by atoms with Crippen molar-refractivity contribution in [1.82, 2.24) is 9.55 Å². The van der Waals surface area contributed by atoms with Crippen LogP contribution in [0.3, 0.4) is 0 Å². The van der Waals surface area contributed by atoms with Crippen molar-refractivity contribution >= 4 is 34.2 Å². The Bertz CT molecular complexity index is 793. The number of benzene rings is 2. The highest BCUT2D eigenvalue weighted by atomic mass is 35.5. The summed E-state index contributed by atoms with van der Waals surface area (Å²) in [5.74, 6) is 0.854. The molecule has 2 N–H and O–H groups in total. The lowest BCUT2D eigenvalue weighted by Crippen LogP contribution is -1.95. The molecule has 0 saturated heterocycles. The van der Waals surface area contributed by atoms with Gasteiger partial charge in [0.15, 0.2) is 0 Å². The first-order valence-corrected chi connectivity index (χ1v) is 6.96. The second-order valence-electron chi connectivity index (χ2n) is 4.65. The lowest BCUT2D eigenvalue weighted by atomic mass is 10.2. The Labute approximate surface area is 126 Å². The van der Waals surface area contributed by atoms with E-state index < -0.39 is 0 Å². The molecular formula is C15H13Cl2N3. The zero-order valence-corrected chi connectivity index (χ0v) is 12.4. The van der Waals surface area contributed by atoms with Crippen LogP contribution in [0.25, 0.3) is 22.4 Å². The van der Waals surface area contributed by atoms with Crippen LogP contribution in [0.1, 0.15) is 5.56 Å². The minimum absolute atomic E-state index is 0.509. The van der Waals surface area contributed by atoms with E-state index in [1.165, 1.54) is 0 Å². The fourth-order valence-electron chi connectivity index (χ4n) is 2.27. The highest BCUT2D eigenvalue weighted by molar-refractivity contribution is 6.42. The molecule has 0 spiro atoms. The zero-order chi connectivity index (χ0) is 14.3. The van der Waals surface area contributed by atoms with Gasteiger partial charge in [-0.3, -0.25) is 0 Å². The summed E-state index contributed by atoms with van der Waals surface area (Å²) < 4.78 is 2.04. The van der Waals surface area contributed by atoms with Crippen LogP contribution in [0, 0.1) is 0 Å². The first kappa shape index (κ1) is 13.4. The van der Waals surface area contributed by atoms with Crippen LogP contribution < -0.4 is 5.73 Å². The van der Waals surface area contributed by atoms with Gasteiger partial charge >= 0.3 is 0 Å². The van der Waals surface area contributed by atoms with Gasteiger partial charge in [-0.15, -0.1) is 0 Å². The van der Waals surface area contributed by atoms with Crippen molar-refractivity contribution in [2.24, 2.45) is 12.8 Å². The average molecular weight is 306 g/mol. The van der Waals surface area contributed by atoms with Crippen molar-refractivity contribution < 1.29 is 0 Å². The fraction of sp³-hybridized carbons (Fsp3) is 0.133. The van der Waals surface area contributed by atoms with Crippen LogP contribution in [0.15, 0.2) is 36.4 Å². The number of aromatic nitrogens is 2. The number of nitrogens with zero attached hydrogens (tertiary/aromatic N) is 2. The standard InChI is InChI=1S/C15H13Cl2N3/c1-20-14-5-2-9(8-18)6-13(14)19-15(20)10-3-4-11(16)12(17)7-10/h2-7H,8,18H2,1H3. The largest absolute Gasteiger partial charge is 0.327 e. The van der Waals surface area contributed by atoms with Crippen LogP contribution in [0.2, 0.25) is 10.0 Å². The van der Waals surface area contributed by atoms with E-state index in [4.69, 9.17) is 28.9 Å². The van der Waals surface area contributed by atoms with Gasteiger partial charge in [-0.25, -0.2) is 4.98 Å². The molecule has 0 amide bonds. The third kappa shape index (κ3) is 2.18. The first-order valence-electron chi connectivity index (χ1n) is 6.21. The summed E-state index contributed by atoms with van der Waals surface area (Å²) in [4.78, 5) is 4.67. The fourth-order valence-corrected chi connectivity index (χ4v) is 2.56. The summed E-state index contributed by atoms with van der Waals surface area (Å²) >= 11 is 12.0. The molecule has 1 heterocycles. The monoisotopic (exact) mass is 305 g/mol. The predicted molar refractivity (Wildman–Crippen MR) is 84.1 cm³/mol. The van der Waals surface area contributed by atoms with Gasteiger partial charge in [0.1, 0.15) is 5.82 Å². The number of aryl methyl sites for hydroxylation is 1. The molecule has 3 nitrogen and oxygen atoms in total. The molecule has 20 heavy (non-hydrogen) atoms. The van der Waals surface area contributed by atoms with Gasteiger partial charge in [-0.05, 0) is 35.9 Å². The normalized spacial score (nSPS) is 11.2. The van der Waals surface area contributed by atoms with Gasteiger partial charge in [-0.1, -0.05) is 29.3 Å². The van der Waals surface area contributed by atoms with Gasteiger partial charge in [-0.2, -0.15) is 0 Å². The Balaban J connectivity index is 2.20. The molecule has 5 heteroatoms. The number of rotatable bonds is 2. The molecule has 0 atom stereocenters. The van der Waals surface area contributed by atoms with E-state index in [2.05, 4.69) is 4.98 Å². The summed E-state index contributed by atoms with van der Waals surface area (Å²) in [6, 6.07) is 11.6. The molecule has 0 bridgehead atoms. The minimum atomic E-state index is 0.509. The van der Waals surface area contributed by atoms with E-state index in [0.717, 1.165) is 28.0 Å². The SMILES string of the molecule is Cn1c(-c2ccc(Cl)c(Cl)c2)nc2cc(CN)ccc21. The van der Waals surface area contributed by atoms with Crippen LogP contribution in [0.4, 0.5) is 0 Å². The van der Waals surface area contributed by atoms with Gasteiger partial charge in [0.25, 0.3) is 0 Å². The molecule has 0 unspecified atom stereocenters. The Kier molecular flexibility index (Phi) is 3.42. The summed E-state index contributed by atoms with van der Waals surface area (Å²) in [6.07, 6.45) is 0. The third-order valence-electron chi connectivity index (χ3n) is 3.36. The third-order valence-corrected chi connectivity index (χ3v) is 4.10. The zero-order valence-electron chi connectivity index (χ0n) is 10.9. The summed E-state index contributed by atoms with van der Waals surface area (Å²) in [5, 5.41) is 1.07. The number of halogens is 2.